The molecule has 0 radical (unpaired) electrons. The number of rotatable bonds is 3. The average Bonchev–Trinajstić information content (AvgIpc) is 2.77. The lowest BCUT2D eigenvalue weighted by molar-refractivity contribution is 0.00809. The Bertz CT molecular complexity index is 500. The molecular formula is C15H19NO3. The van der Waals surface area contributed by atoms with Crippen LogP contribution in [0.4, 0.5) is 0 Å². The summed E-state index contributed by atoms with van der Waals surface area (Å²) in [5.41, 5.74) is 1.59. The molecule has 102 valence electrons. The van der Waals surface area contributed by atoms with E-state index in [0.717, 1.165) is 30.8 Å². The standard InChI is InChI=1S/C15H19NO3/c1-9-10(4-3-5-13(9)18-2)15(17)16-12-8-14-11(12)6-7-19-14/h3-5,11-12,14H,6-8H2,1-2H3,(H,16,17)/t11-,12+,14+/m0/s1. The highest BCUT2D eigenvalue weighted by Crippen LogP contribution is 2.38. The molecule has 3 rings (SSSR count). The van der Waals surface area contributed by atoms with E-state index < -0.39 is 0 Å². The van der Waals surface area contributed by atoms with Crippen LogP contribution in [0.5, 0.6) is 5.75 Å². The minimum atomic E-state index is -0.00764. The molecule has 1 aromatic rings. The predicted octanol–water partition coefficient (Wildman–Crippen LogP) is 1.91. The van der Waals surface area contributed by atoms with Crippen molar-refractivity contribution >= 4 is 5.91 Å². The monoisotopic (exact) mass is 261 g/mol. The number of carbonyl (C=O) groups excluding carboxylic acids is 1. The molecule has 0 bridgehead atoms. The summed E-state index contributed by atoms with van der Waals surface area (Å²) in [5.74, 6) is 1.25. The first kappa shape index (κ1) is 12.5. The molecule has 1 heterocycles. The van der Waals surface area contributed by atoms with Crippen LogP contribution in [0, 0.1) is 12.8 Å². The van der Waals surface area contributed by atoms with Crippen molar-refractivity contribution in [2.24, 2.45) is 5.92 Å². The van der Waals surface area contributed by atoms with Gasteiger partial charge in [-0.25, -0.2) is 0 Å². The lowest BCUT2D eigenvalue weighted by Gasteiger charge is -2.39. The lowest BCUT2D eigenvalue weighted by atomic mass is 9.76. The molecule has 1 saturated carbocycles. The van der Waals surface area contributed by atoms with Crippen LogP contribution in [0.1, 0.15) is 28.8 Å². The molecule has 4 heteroatoms. The van der Waals surface area contributed by atoms with Crippen LogP contribution < -0.4 is 10.1 Å². The van der Waals surface area contributed by atoms with E-state index in [9.17, 15) is 4.79 Å². The molecule has 1 N–H and O–H groups in total. The molecule has 4 nitrogen and oxygen atoms in total. The average molecular weight is 261 g/mol. The van der Waals surface area contributed by atoms with Crippen LogP contribution in [-0.2, 0) is 4.74 Å². The highest BCUT2D eigenvalue weighted by Gasteiger charge is 2.45. The van der Waals surface area contributed by atoms with Crippen molar-refractivity contribution in [3.8, 4) is 5.75 Å². The molecule has 1 aromatic carbocycles. The van der Waals surface area contributed by atoms with Crippen molar-refractivity contribution in [3.05, 3.63) is 29.3 Å². The van der Waals surface area contributed by atoms with Gasteiger partial charge in [0.15, 0.2) is 0 Å². The summed E-state index contributed by atoms with van der Waals surface area (Å²) in [4.78, 5) is 12.3. The van der Waals surface area contributed by atoms with Crippen LogP contribution in [0.15, 0.2) is 18.2 Å². The molecule has 0 unspecified atom stereocenters. The predicted molar refractivity (Wildman–Crippen MR) is 71.4 cm³/mol. The van der Waals surface area contributed by atoms with E-state index >= 15 is 0 Å². The highest BCUT2D eigenvalue weighted by molar-refractivity contribution is 5.96. The van der Waals surface area contributed by atoms with E-state index in [1.54, 1.807) is 7.11 Å². The first-order chi connectivity index (χ1) is 9.20. The smallest absolute Gasteiger partial charge is 0.251 e. The zero-order chi connectivity index (χ0) is 13.4. The van der Waals surface area contributed by atoms with Crippen molar-refractivity contribution in [2.45, 2.75) is 31.9 Å². The van der Waals surface area contributed by atoms with Crippen LogP contribution in [-0.4, -0.2) is 31.8 Å². The number of benzene rings is 1. The number of fused-ring (bicyclic) bond motifs is 1. The van der Waals surface area contributed by atoms with Crippen molar-refractivity contribution < 1.29 is 14.3 Å². The van der Waals surface area contributed by atoms with E-state index in [4.69, 9.17) is 9.47 Å². The number of amides is 1. The SMILES string of the molecule is COc1cccc(C(=O)N[C@@H]2C[C@H]3OCC[C@@H]23)c1C. The van der Waals surface area contributed by atoms with Gasteiger partial charge in [-0.1, -0.05) is 6.07 Å². The van der Waals surface area contributed by atoms with Gasteiger partial charge in [0, 0.05) is 29.7 Å². The Balaban J connectivity index is 1.71. The zero-order valence-corrected chi connectivity index (χ0v) is 11.3. The van der Waals surface area contributed by atoms with Crippen molar-refractivity contribution in [1.29, 1.82) is 0 Å². The second kappa shape index (κ2) is 4.85. The van der Waals surface area contributed by atoms with Gasteiger partial charge >= 0.3 is 0 Å². The van der Waals surface area contributed by atoms with Gasteiger partial charge in [-0.05, 0) is 31.9 Å². The number of hydrogen-bond acceptors (Lipinski definition) is 3. The molecule has 0 aromatic heterocycles. The Kier molecular flexibility index (Phi) is 3.19. The maximum Gasteiger partial charge on any atom is 0.251 e. The zero-order valence-electron chi connectivity index (χ0n) is 11.3. The highest BCUT2D eigenvalue weighted by atomic mass is 16.5. The number of ether oxygens (including phenoxy) is 2. The molecule has 1 aliphatic carbocycles. The van der Waals surface area contributed by atoms with E-state index in [2.05, 4.69) is 5.32 Å². The molecule has 0 spiro atoms. The first-order valence-corrected chi connectivity index (χ1v) is 6.76. The van der Waals surface area contributed by atoms with Crippen LogP contribution in [0.25, 0.3) is 0 Å². The normalized spacial score (nSPS) is 28.4. The van der Waals surface area contributed by atoms with Gasteiger partial charge in [0.2, 0.25) is 0 Å². The second-order valence-corrected chi connectivity index (χ2v) is 5.31. The molecule has 1 saturated heterocycles. The summed E-state index contributed by atoms with van der Waals surface area (Å²) in [6, 6.07) is 5.83. The van der Waals surface area contributed by atoms with Crippen molar-refractivity contribution in [3.63, 3.8) is 0 Å². The maximum absolute atomic E-state index is 12.3. The lowest BCUT2D eigenvalue weighted by Crippen LogP contribution is -2.53. The van der Waals surface area contributed by atoms with E-state index in [-0.39, 0.29) is 11.9 Å². The third-order valence-corrected chi connectivity index (χ3v) is 4.33. The third kappa shape index (κ3) is 2.10. The minimum absolute atomic E-state index is 0.00764. The van der Waals surface area contributed by atoms with Gasteiger partial charge in [-0.15, -0.1) is 0 Å². The van der Waals surface area contributed by atoms with E-state index in [1.165, 1.54) is 0 Å². The van der Waals surface area contributed by atoms with Crippen LogP contribution in [0.2, 0.25) is 0 Å². The summed E-state index contributed by atoms with van der Waals surface area (Å²) in [5, 5.41) is 3.12. The fraction of sp³-hybridized carbons (Fsp3) is 0.533. The minimum Gasteiger partial charge on any atom is -0.496 e. The molecule has 1 amide bonds. The van der Waals surface area contributed by atoms with Crippen molar-refractivity contribution in [1.82, 2.24) is 5.32 Å². The topological polar surface area (TPSA) is 47.6 Å². The van der Waals surface area contributed by atoms with Gasteiger partial charge in [-0.2, -0.15) is 0 Å². The van der Waals surface area contributed by atoms with Crippen LogP contribution in [0.3, 0.4) is 0 Å². The van der Waals surface area contributed by atoms with E-state index in [0.29, 0.717) is 17.6 Å². The van der Waals surface area contributed by atoms with E-state index in [1.807, 2.05) is 25.1 Å². The summed E-state index contributed by atoms with van der Waals surface area (Å²) < 4.78 is 10.8. The maximum atomic E-state index is 12.3. The van der Waals surface area contributed by atoms with Gasteiger partial charge in [0.1, 0.15) is 5.75 Å². The Hall–Kier alpha value is -1.55. The molecule has 1 aliphatic heterocycles. The molecule has 19 heavy (non-hydrogen) atoms. The number of nitrogens with one attached hydrogen (secondary N) is 1. The fourth-order valence-corrected chi connectivity index (χ4v) is 3.09. The first-order valence-electron chi connectivity index (χ1n) is 6.76. The van der Waals surface area contributed by atoms with Gasteiger partial charge < -0.3 is 14.8 Å². The Morgan fingerprint density at radius 3 is 3.05 bits per heavy atom. The Morgan fingerprint density at radius 2 is 2.32 bits per heavy atom. The molecular weight excluding hydrogens is 242 g/mol. The number of methoxy groups -OCH3 is 1. The summed E-state index contributed by atoms with van der Waals surface area (Å²) in [6.07, 6.45) is 2.38. The largest absolute Gasteiger partial charge is 0.496 e. The fourth-order valence-electron chi connectivity index (χ4n) is 3.09. The second-order valence-electron chi connectivity index (χ2n) is 5.31. The third-order valence-electron chi connectivity index (χ3n) is 4.33. The quantitative estimate of drug-likeness (QED) is 0.904. The van der Waals surface area contributed by atoms with Crippen LogP contribution >= 0.6 is 0 Å². The Morgan fingerprint density at radius 1 is 1.47 bits per heavy atom. The summed E-state index contributed by atoms with van der Waals surface area (Å²) >= 11 is 0. The van der Waals surface area contributed by atoms with Gasteiger partial charge in [-0.3, -0.25) is 4.79 Å². The molecule has 2 fully saturated rings. The van der Waals surface area contributed by atoms with Gasteiger partial charge in [0.25, 0.3) is 5.91 Å². The number of carbonyl (C=O) groups is 1. The van der Waals surface area contributed by atoms with Crippen molar-refractivity contribution in [2.75, 3.05) is 13.7 Å². The molecule has 2 aliphatic rings. The Labute approximate surface area is 113 Å². The van der Waals surface area contributed by atoms with Gasteiger partial charge in [0.05, 0.1) is 13.2 Å². The summed E-state index contributed by atoms with van der Waals surface area (Å²) in [6.45, 7) is 2.75. The number of hydrogen-bond donors (Lipinski definition) is 1. The summed E-state index contributed by atoms with van der Waals surface area (Å²) in [7, 11) is 1.62. The molecule has 3 atom stereocenters.